The molecule has 0 aliphatic heterocycles. The van der Waals surface area contributed by atoms with E-state index in [-0.39, 0.29) is 37.5 Å². The number of aromatic nitrogens is 4. The summed E-state index contributed by atoms with van der Waals surface area (Å²) in [6.45, 7) is 0. The molecule has 0 aliphatic rings. The predicted molar refractivity (Wildman–Crippen MR) is 66.2 cm³/mol. The van der Waals surface area contributed by atoms with Crippen LogP contribution in [0.5, 0.6) is 0 Å². The first-order valence-corrected chi connectivity index (χ1v) is 7.39. The number of nitrogens with two attached hydrogens (primary N) is 1. The van der Waals surface area contributed by atoms with E-state index in [0.717, 1.165) is 6.20 Å². The van der Waals surface area contributed by atoms with Gasteiger partial charge in [-0.05, 0) is 0 Å². The van der Waals surface area contributed by atoms with Crippen LogP contribution in [0.2, 0.25) is 0 Å². The second-order valence-electron chi connectivity index (χ2n) is 4.00. The van der Waals surface area contributed by atoms with Gasteiger partial charge in [-0.25, -0.2) is 0 Å². The average Bonchev–Trinajstić information content (AvgIpc) is 2.70. The van der Waals surface area contributed by atoms with Gasteiger partial charge in [0.15, 0.2) is 0 Å². The molecule has 0 aliphatic carbocycles. The van der Waals surface area contributed by atoms with Crippen LogP contribution in [0.4, 0.5) is 19.0 Å². The van der Waals surface area contributed by atoms with Crippen molar-refractivity contribution in [2.45, 2.75) is 0 Å². The van der Waals surface area contributed by atoms with Gasteiger partial charge in [-0.3, -0.25) is 0 Å². The fraction of sp³-hybridized carbons (Fsp3) is 0. The Morgan fingerprint density at radius 3 is 2.60 bits per heavy atom. The molecule has 0 saturated carbocycles. The number of hydrogen-bond donors (Lipinski definition) is 1. The van der Waals surface area contributed by atoms with E-state index >= 15 is 0 Å². The van der Waals surface area contributed by atoms with Crippen LogP contribution in [-0.2, 0) is 0 Å². The van der Waals surface area contributed by atoms with Crippen LogP contribution >= 0.6 is 0 Å². The number of hydrogen-bond acceptors (Lipinski definition) is 4. The Balaban J connectivity index is 2.35. The number of pyridine rings is 2. The van der Waals surface area contributed by atoms with Crippen molar-refractivity contribution in [3.8, 4) is 11.4 Å². The quantitative estimate of drug-likeness (QED) is 0.549. The van der Waals surface area contributed by atoms with Crippen LogP contribution in [0.15, 0.2) is 18.3 Å². The summed E-state index contributed by atoms with van der Waals surface area (Å²) < 4.78 is 41.8. The third-order valence-electron chi connectivity index (χ3n) is 2.69. The molecule has 5 nitrogen and oxygen atoms in total. The summed E-state index contributed by atoms with van der Waals surface area (Å²) in [5.74, 6) is -2.88. The van der Waals surface area contributed by atoms with E-state index in [1.807, 2.05) is 0 Å². The molecule has 0 radical (unpaired) electrons. The maximum absolute atomic E-state index is 13.8. The zero-order chi connectivity index (χ0) is 14.4. The van der Waals surface area contributed by atoms with E-state index in [1.165, 1.54) is 8.56 Å². The first-order chi connectivity index (χ1) is 9.47. The van der Waals surface area contributed by atoms with E-state index in [9.17, 15) is 13.2 Å². The fourth-order valence-corrected chi connectivity index (χ4v) is 3.07. The van der Waals surface area contributed by atoms with Crippen molar-refractivity contribution in [3.63, 3.8) is 0 Å². The van der Waals surface area contributed by atoms with E-state index in [2.05, 4.69) is 15.1 Å². The first kappa shape index (κ1) is 13.3. The maximum atomic E-state index is 13.8. The van der Waals surface area contributed by atoms with Gasteiger partial charge in [0.1, 0.15) is 0 Å². The van der Waals surface area contributed by atoms with Crippen molar-refractivity contribution in [1.29, 1.82) is 0 Å². The third-order valence-corrected chi connectivity index (χ3v) is 4.09. The summed E-state index contributed by atoms with van der Waals surface area (Å²) in [5, 5.41) is 4.42. The van der Waals surface area contributed by atoms with Gasteiger partial charge >= 0.3 is 127 Å². The Morgan fingerprint density at radius 1 is 1.10 bits per heavy atom. The first-order valence-electron chi connectivity index (χ1n) is 5.38. The summed E-state index contributed by atoms with van der Waals surface area (Å²) in [6, 6.07) is 1.81. The summed E-state index contributed by atoms with van der Waals surface area (Å²) in [7, 11) is 0. The zero-order valence-electron chi connectivity index (χ0n) is 9.81. The molecule has 20 heavy (non-hydrogen) atoms. The zero-order valence-corrected chi connectivity index (χ0v) is 14.3. The molecule has 0 fully saturated rings. The van der Waals surface area contributed by atoms with Crippen molar-refractivity contribution in [1.82, 2.24) is 17.6 Å². The molecule has 3 heterocycles. The fourth-order valence-electron chi connectivity index (χ4n) is 1.82. The molecule has 3 rings (SSSR count). The van der Waals surface area contributed by atoms with Crippen LogP contribution in [0, 0.1) is 17.5 Å². The van der Waals surface area contributed by atoms with E-state index in [0.29, 0.717) is 17.1 Å². The summed E-state index contributed by atoms with van der Waals surface area (Å²) in [4.78, 5) is 7.56. The van der Waals surface area contributed by atoms with Crippen molar-refractivity contribution in [2.24, 2.45) is 0 Å². The molecule has 98 valence electrons. The van der Waals surface area contributed by atoms with E-state index in [4.69, 9.17) is 5.73 Å². The molecule has 0 spiro atoms. The third kappa shape index (κ3) is 2.03. The predicted octanol–water partition coefficient (Wildman–Crippen LogP) is 1.42. The van der Waals surface area contributed by atoms with Crippen LogP contribution in [0.3, 0.4) is 0 Å². The number of rotatable bonds is 1. The molecule has 3 aromatic heterocycles. The Labute approximate surface area is 126 Å². The van der Waals surface area contributed by atoms with Crippen molar-refractivity contribution in [3.05, 3.63) is 35.8 Å². The standard InChI is InChI=1S/C11H5F3N5.Tl/c12-4-1-5-8(18-19-11(5)16-3-4)9-6(13)2-7(14)10(15)17-9;/h1-3H,(H2-,15,16,17,18,19);/q-1;+1. The van der Waals surface area contributed by atoms with E-state index < -0.39 is 23.3 Å². The number of halogens is 3. The Hall–Kier alpha value is -1.72. The summed E-state index contributed by atoms with van der Waals surface area (Å²) in [6.07, 6.45) is 1.05. The number of nitrogen functional groups attached to an aromatic ring is 1. The number of anilines is 1. The van der Waals surface area contributed by atoms with Gasteiger partial charge in [0.05, 0.1) is 0 Å². The van der Waals surface area contributed by atoms with Crippen molar-refractivity contribution >= 4 is 42.9 Å². The van der Waals surface area contributed by atoms with Gasteiger partial charge in [0.2, 0.25) is 0 Å². The molecule has 0 aromatic carbocycles. The van der Waals surface area contributed by atoms with Gasteiger partial charge in [0.25, 0.3) is 0 Å². The normalized spacial score (nSPS) is 11.1. The average molecular weight is 469 g/mol. The van der Waals surface area contributed by atoms with Gasteiger partial charge in [-0.2, -0.15) is 0 Å². The minimum atomic E-state index is -0.952. The number of nitrogens with zero attached hydrogens (tertiary/aromatic N) is 4. The SMILES string of the molecule is Nc1nc(-c2n[n]([Tl])c3ncc(F)cc23)c(F)cc1F. The molecule has 0 saturated heterocycles. The summed E-state index contributed by atoms with van der Waals surface area (Å²) in [5.41, 5.74) is 5.64. The molecule has 3 aromatic rings. The Kier molecular flexibility index (Phi) is 3.11. The number of fused-ring (bicyclic) bond motifs is 1. The second-order valence-corrected chi connectivity index (χ2v) is 5.91. The van der Waals surface area contributed by atoms with Crippen molar-refractivity contribution in [2.75, 3.05) is 5.73 Å². The van der Waals surface area contributed by atoms with Crippen LogP contribution in [0.1, 0.15) is 0 Å². The molecular formula is C11H5F3N5Tl. The molecule has 0 amide bonds. The van der Waals surface area contributed by atoms with Gasteiger partial charge in [-0.1, -0.05) is 0 Å². The topological polar surface area (TPSA) is 69.6 Å². The minimum absolute atomic E-state index is 0.0960. The van der Waals surface area contributed by atoms with Gasteiger partial charge < -0.3 is 0 Å². The second kappa shape index (κ2) is 4.68. The molecular weight excluding hydrogens is 464 g/mol. The molecule has 0 unspecified atom stereocenters. The van der Waals surface area contributed by atoms with E-state index in [1.54, 1.807) is 0 Å². The molecule has 0 bridgehead atoms. The van der Waals surface area contributed by atoms with Crippen LogP contribution in [-0.4, -0.2) is 43.6 Å². The Bertz CT molecular complexity index is 833. The molecule has 2 N–H and O–H groups in total. The monoisotopic (exact) mass is 469 g/mol. The van der Waals surface area contributed by atoms with Gasteiger partial charge in [0, 0.05) is 0 Å². The van der Waals surface area contributed by atoms with Crippen molar-refractivity contribution < 1.29 is 13.2 Å². The van der Waals surface area contributed by atoms with Crippen LogP contribution in [0.25, 0.3) is 22.4 Å². The molecule has 0 atom stereocenters. The van der Waals surface area contributed by atoms with Gasteiger partial charge in [-0.15, -0.1) is 0 Å². The van der Waals surface area contributed by atoms with Crippen LogP contribution < -0.4 is 5.73 Å². The molecule has 9 heteroatoms. The Morgan fingerprint density at radius 2 is 1.85 bits per heavy atom. The summed E-state index contributed by atoms with van der Waals surface area (Å²) >= 11 is 0.245.